The third kappa shape index (κ3) is 5.07. The number of piperidine rings is 1. The Bertz CT molecular complexity index is 466. The molecule has 6 heteroatoms. The summed E-state index contributed by atoms with van der Waals surface area (Å²) in [5.41, 5.74) is 0.630. The summed E-state index contributed by atoms with van der Waals surface area (Å²) in [6.07, 6.45) is 2.13. The maximum Gasteiger partial charge on any atom is 0.230 e. The van der Waals surface area contributed by atoms with E-state index in [1.54, 1.807) is 6.07 Å². The van der Waals surface area contributed by atoms with Crippen molar-refractivity contribution in [1.82, 2.24) is 10.6 Å². The summed E-state index contributed by atoms with van der Waals surface area (Å²) < 4.78 is 14.3. The molecule has 1 heterocycles. The molecule has 110 valence electrons. The number of carbonyl (C=O) groups is 1. The predicted molar refractivity (Wildman–Crippen MR) is 84.3 cm³/mol. The molecule has 0 radical (unpaired) electrons. The van der Waals surface area contributed by atoms with E-state index in [-0.39, 0.29) is 17.8 Å². The number of halogens is 2. The van der Waals surface area contributed by atoms with E-state index in [9.17, 15) is 9.18 Å². The van der Waals surface area contributed by atoms with Crippen LogP contribution in [0.15, 0.2) is 22.7 Å². The SMILES string of the molecule is O=C(CSCc1ccc(Br)cc1F)N[C@H]1CCCNC1. The molecule has 0 aromatic heterocycles. The summed E-state index contributed by atoms with van der Waals surface area (Å²) in [5.74, 6) is 0.673. The Morgan fingerprint density at radius 2 is 2.40 bits per heavy atom. The highest BCUT2D eigenvalue weighted by atomic mass is 79.9. The van der Waals surface area contributed by atoms with Gasteiger partial charge in [0.2, 0.25) is 5.91 Å². The number of hydrogen-bond acceptors (Lipinski definition) is 3. The average Bonchev–Trinajstić information content (AvgIpc) is 2.42. The fourth-order valence-corrected chi connectivity index (χ4v) is 3.29. The van der Waals surface area contributed by atoms with Gasteiger partial charge in [-0.05, 0) is 37.1 Å². The van der Waals surface area contributed by atoms with Crippen molar-refractivity contribution >= 4 is 33.6 Å². The normalized spacial score (nSPS) is 18.8. The lowest BCUT2D eigenvalue weighted by atomic mass is 10.1. The van der Waals surface area contributed by atoms with E-state index in [4.69, 9.17) is 0 Å². The number of rotatable bonds is 5. The quantitative estimate of drug-likeness (QED) is 0.847. The first kappa shape index (κ1) is 15.8. The predicted octanol–water partition coefficient (Wildman–Crippen LogP) is 2.69. The number of thioether (sulfide) groups is 1. The topological polar surface area (TPSA) is 41.1 Å². The van der Waals surface area contributed by atoms with Crippen molar-refractivity contribution < 1.29 is 9.18 Å². The highest BCUT2D eigenvalue weighted by Crippen LogP contribution is 2.19. The minimum absolute atomic E-state index is 0.0289. The third-order valence-electron chi connectivity index (χ3n) is 3.17. The zero-order chi connectivity index (χ0) is 14.4. The Balaban J connectivity index is 1.70. The van der Waals surface area contributed by atoms with E-state index in [0.717, 1.165) is 30.4 Å². The Hall–Kier alpha value is -0.590. The summed E-state index contributed by atoms with van der Waals surface area (Å²) in [6.45, 7) is 1.88. The average molecular weight is 361 g/mol. The largest absolute Gasteiger partial charge is 0.351 e. The Kier molecular flexibility index (Phi) is 6.32. The fraction of sp³-hybridized carbons (Fsp3) is 0.500. The standard InChI is InChI=1S/C14H18BrFN2OS/c15-11-4-3-10(13(16)6-11)8-20-9-14(19)18-12-2-1-5-17-7-12/h3-4,6,12,17H,1-2,5,7-9H2,(H,18,19)/t12-/m0/s1. The monoisotopic (exact) mass is 360 g/mol. The first-order valence-corrected chi connectivity index (χ1v) is 8.61. The molecule has 0 saturated carbocycles. The van der Waals surface area contributed by atoms with Crippen molar-refractivity contribution in [3.63, 3.8) is 0 Å². The smallest absolute Gasteiger partial charge is 0.230 e. The van der Waals surface area contributed by atoms with Gasteiger partial charge in [0.25, 0.3) is 0 Å². The van der Waals surface area contributed by atoms with Crippen molar-refractivity contribution in [2.75, 3.05) is 18.8 Å². The summed E-state index contributed by atoms with van der Waals surface area (Å²) in [6, 6.07) is 5.24. The zero-order valence-electron chi connectivity index (χ0n) is 11.1. The Labute approximate surface area is 131 Å². The molecule has 1 aromatic carbocycles. The highest BCUT2D eigenvalue weighted by Gasteiger charge is 2.15. The first-order chi connectivity index (χ1) is 9.65. The van der Waals surface area contributed by atoms with E-state index in [1.165, 1.54) is 17.8 Å². The minimum atomic E-state index is -0.233. The fourth-order valence-electron chi connectivity index (χ4n) is 2.14. The lowest BCUT2D eigenvalue weighted by molar-refractivity contribution is -0.119. The van der Waals surface area contributed by atoms with Gasteiger partial charge in [-0.25, -0.2) is 4.39 Å². The molecule has 0 unspecified atom stereocenters. The van der Waals surface area contributed by atoms with Crippen LogP contribution < -0.4 is 10.6 Å². The Morgan fingerprint density at radius 3 is 3.10 bits per heavy atom. The molecule has 1 aliphatic heterocycles. The van der Waals surface area contributed by atoms with Gasteiger partial charge in [0, 0.05) is 22.8 Å². The van der Waals surface area contributed by atoms with Crippen molar-refractivity contribution in [3.8, 4) is 0 Å². The second-order valence-electron chi connectivity index (χ2n) is 4.84. The van der Waals surface area contributed by atoms with Crippen LogP contribution in [0.2, 0.25) is 0 Å². The molecule has 2 N–H and O–H groups in total. The maximum absolute atomic E-state index is 13.6. The number of hydrogen-bond donors (Lipinski definition) is 2. The van der Waals surface area contributed by atoms with Crippen LogP contribution in [0.3, 0.4) is 0 Å². The van der Waals surface area contributed by atoms with Gasteiger partial charge < -0.3 is 10.6 Å². The Morgan fingerprint density at radius 1 is 1.55 bits per heavy atom. The summed E-state index contributed by atoms with van der Waals surface area (Å²) in [5, 5.41) is 6.26. The molecule has 1 aliphatic rings. The third-order valence-corrected chi connectivity index (χ3v) is 4.64. The van der Waals surface area contributed by atoms with Crippen molar-refractivity contribution in [2.45, 2.75) is 24.6 Å². The van der Waals surface area contributed by atoms with Crippen LogP contribution in [-0.4, -0.2) is 30.8 Å². The number of nitrogens with one attached hydrogen (secondary N) is 2. The first-order valence-electron chi connectivity index (χ1n) is 6.67. The summed E-state index contributed by atoms with van der Waals surface area (Å²) in [4.78, 5) is 11.8. The number of carbonyl (C=O) groups excluding carboxylic acids is 1. The van der Waals surface area contributed by atoms with Crippen LogP contribution >= 0.6 is 27.7 Å². The zero-order valence-corrected chi connectivity index (χ0v) is 13.5. The van der Waals surface area contributed by atoms with Crippen molar-refractivity contribution in [3.05, 3.63) is 34.1 Å². The van der Waals surface area contributed by atoms with Gasteiger partial charge in [-0.2, -0.15) is 0 Å². The van der Waals surface area contributed by atoms with Crippen molar-refractivity contribution in [1.29, 1.82) is 0 Å². The second-order valence-corrected chi connectivity index (χ2v) is 6.74. The van der Waals surface area contributed by atoms with Gasteiger partial charge in [0.1, 0.15) is 5.82 Å². The van der Waals surface area contributed by atoms with Crippen LogP contribution in [0.25, 0.3) is 0 Å². The second kappa shape index (κ2) is 8.00. The summed E-state index contributed by atoms with van der Waals surface area (Å²) >= 11 is 4.66. The van der Waals surface area contributed by atoms with E-state index in [0.29, 0.717) is 17.1 Å². The van der Waals surface area contributed by atoms with Gasteiger partial charge in [0.05, 0.1) is 5.75 Å². The lowest BCUT2D eigenvalue weighted by Crippen LogP contribution is -2.46. The molecule has 20 heavy (non-hydrogen) atoms. The van der Waals surface area contributed by atoms with Crippen LogP contribution in [0, 0.1) is 5.82 Å². The van der Waals surface area contributed by atoms with Crippen molar-refractivity contribution in [2.24, 2.45) is 0 Å². The maximum atomic E-state index is 13.6. The summed E-state index contributed by atoms with van der Waals surface area (Å²) in [7, 11) is 0. The number of benzene rings is 1. The molecule has 0 bridgehead atoms. The van der Waals surface area contributed by atoms with Crippen LogP contribution in [0.1, 0.15) is 18.4 Å². The highest BCUT2D eigenvalue weighted by molar-refractivity contribution is 9.10. The van der Waals surface area contributed by atoms with Gasteiger partial charge in [-0.3, -0.25) is 4.79 Å². The lowest BCUT2D eigenvalue weighted by Gasteiger charge is -2.23. The molecule has 0 aliphatic carbocycles. The molecule has 2 rings (SSSR count). The number of amides is 1. The molecular weight excluding hydrogens is 343 g/mol. The van der Waals surface area contributed by atoms with Gasteiger partial charge in [-0.15, -0.1) is 11.8 Å². The molecule has 1 amide bonds. The molecular formula is C14H18BrFN2OS. The van der Waals surface area contributed by atoms with Gasteiger partial charge in [-0.1, -0.05) is 22.0 Å². The van der Waals surface area contributed by atoms with Gasteiger partial charge >= 0.3 is 0 Å². The molecule has 1 fully saturated rings. The molecule has 0 spiro atoms. The van der Waals surface area contributed by atoms with E-state index in [1.807, 2.05) is 6.07 Å². The van der Waals surface area contributed by atoms with Crippen LogP contribution in [0.5, 0.6) is 0 Å². The molecule has 3 nitrogen and oxygen atoms in total. The minimum Gasteiger partial charge on any atom is -0.351 e. The van der Waals surface area contributed by atoms with E-state index < -0.39 is 0 Å². The molecule has 1 atom stereocenters. The molecule has 1 saturated heterocycles. The van der Waals surface area contributed by atoms with Crippen LogP contribution in [-0.2, 0) is 10.5 Å². The van der Waals surface area contributed by atoms with Crippen LogP contribution in [0.4, 0.5) is 4.39 Å². The van der Waals surface area contributed by atoms with E-state index in [2.05, 4.69) is 26.6 Å². The van der Waals surface area contributed by atoms with E-state index >= 15 is 0 Å². The van der Waals surface area contributed by atoms with Gasteiger partial charge in [0.15, 0.2) is 0 Å². The molecule has 1 aromatic rings.